The number of hydrogen-bond acceptors (Lipinski definition) is 4. The van der Waals surface area contributed by atoms with Crippen molar-refractivity contribution in [2.75, 3.05) is 26.2 Å². The number of carbonyl (C=O) groups excluding carboxylic acids is 1. The number of alkyl halides is 2. The highest BCUT2D eigenvalue weighted by Gasteiger charge is 2.31. The normalized spacial score (nSPS) is 17.2. The lowest BCUT2D eigenvalue weighted by molar-refractivity contribution is -0.0498. The minimum Gasteiger partial charge on any atom is -0.435 e. The Kier molecular flexibility index (Phi) is 5.75. The predicted octanol–water partition coefficient (Wildman–Crippen LogP) is 2.92. The van der Waals surface area contributed by atoms with Crippen LogP contribution in [-0.2, 0) is 22.9 Å². The molecule has 0 bridgehead atoms. The Labute approximate surface area is 174 Å². The molecule has 1 fully saturated rings. The van der Waals surface area contributed by atoms with E-state index in [0.717, 1.165) is 24.8 Å². The molecule has 0 atom stereocenters. The fourth-order valence-electron chi connectivity index (χ4n) is 3.95. The molecule has 0 spiro atoms. The van der Waals surface area contributed by atoms with Gasteiger partial charge < -0.3 is 9.64 Å². The van der Waals surface area contributed by atoms with Crippen LogP contribution in [-0.4, -0.2) is 56.3 Å². The van der Waals surface area contributed by atoms with Crippen molar-refractivity contribution in [2.24, 2.45) is 0 Å². The van der Waals surface area contributed by atoms with Gasteiger partial charge >= 0.3 is 6.61 Å². The number of carbonyl (C=O) groups is 1. The third-order valence-corrected chi connectivity index (χ3v) is 7.45. The van der Waals surface area contributed by atoms with Crippen molar-refractivity contribution in [3.63, 3.8) is 0 Å². The van der Waals surface area contributed by atoms with E-state index in [1.807, 2.05) is 6.07 Å². The largest absolute Gasteiger partial charge is 0.435 e. The average molecular weight is 436 g/mol. The lowest BCUT2D eigenvalue weighted by atomic mass is 10.1. The quantitative estimate of drug-likeness (QED) is 0.723. The first-order chi connectivity index (χ1) is 14.3. The van der Waals surface area contributed by atoms with Crippen molar-refractivity contribution in [2.45, 2.75) is 30.8 Å². The van der Waals surface area contributed by atoms with Gasteiger partial charge in [-0.15, -0.1) is 0 Å². The minimum atomic E-state index is -3.61. The fraction of sp³-hybridized carbons (Fsp3) is 0.381. The van der Waals surface area contributed by atoms with Gasteiger partial charge in [-0.25, -0.2) is 8.42 Å². The van der Waals surface area contributed by atoms with Crippen LogP contribution in [0.15, 0.2) is 47.4 Å². The van der Waals surface area contributed by atoms with E-state index in [-0.39, 0.29) is 37.8 Å². The van der Waals surface area contributed by atoms with E-state index >= 15 is 0 Å². The summed E-state index contributed by atoms with van der Waals surface area (Å²) >= 11 is 0. The second-order valence-electron chi connectivity index (χ2n) is 7.38. The van der Waals surface area contributed by atoms with E-state index in [1.54, 1.807) is 17.0 Å². The van der Waals surface area contributed by atoms with E-state index in [4.69, 9.17) is 0 Å². The zero-order valence-electron chi connectivity index (χ0n) is 16.3. The summed E-state index contributed by atoms with van der Waals surface area (Å²) in [7, 11) is -3.61. The maximum atomic E-state index is 13.0. The average Bonchev–Trinajstić information content (AvgIpc) is 3.21. The molecule has 1 aliphatic heterocycles. The highest BCUT2D eigenvalue weighted by Crippen LogP contribution is 2.27. The van der Waals surface area contributed by atoms with Crippen LogP contribution in [0.4, 0.5) is 8.78 Å². The standard InChI is InChI=1S/C21H22F2N2O4S/c22-21(23)29-18-7-4-16(5-8-18)20(26)24-10-12-25(13-11-24)30(27,28)19-9-6-15-2-1-3-17(15)14-19/h4-9,14,21H,1-3,10-13H2. The summed E-state index contributed by atoms with van der Waals surface area (Å²) < 4.78 is 56.2. The third kappa shape index (κ3) is 4.17. The van der Waals surface area contributed by atoms with Crippen LogP contribution in [0.3, 0.4) is 0 Å². The Balaban J connectivity index is 1.40. The van der Waals surface area contributed by atoms with Gasteiger partial charge in [-0.3, -0.25) is 4.79 Å². The second-order valence-corrected chi connectivity index (χ2v) is 9.32. The van der Waals surface area contributed by atoms with E-state index in [2.05, 4.69) is 4.74 Å². The summed E-state index contributed by atoms with van der Waals surface area (Å²) in [5.41, 5.74) is 2.66. The molecule has 160 valence electrons. The highest BCUT2D eigenvalue weighted by molar-refractivity contribution is 7.89. The Morgan fingerprint density at radius 2 is 1.60 bits per heavy atom. The molecule has 4 rings (SSSR count). The first-order valence-corrected chi connectivity index (χ1v) is 11.2. The van der Waals surface area contributed by atoms with Gasteiger partial charge in [-0.05, 0) is 66.8 Å². The summed E-state index contributed by atoms with van der Waals surface area (Å²) in [6, 6.07) is 10.8. The summed E-state index contributed by atoms with van der Waals surface area (Å²) in [6.07, 6.45) is 2.95. The molecule has 0 N–H and O–H groups in total. The van der Waals surface area contributed by atoms with Gasteiger partial charge in [0.05, 0.1) is 4.90 Å². The first-order valence-electron chi connectivity index (χ1n) is 9.81. The van der Waals surface area contributed by atoms with Crippen LogP contribution in [0.25, 0.3) is 0 Å². The van der Waals surface area contributed by atoms with E-state index in [1.165, 1.54) is 34.1 Å². The molecule has 1 amide bonds. The molecule has 6 nitrogen and oxygen atoms in total. The number of nitrogens with zero attached hydrogens (tertiary/aromatic N) is 2. The molecule has 9 heteroatoms. The van der Waals surface area contributed by atoms with Crippen LogP contribution >= 0.6 is 0 Å². The number of piperazine rings is 1. The summed E-state index contributed by atoms with van der Waals surface area (Å²) in [5, 5.41) is 0. The lowest BCUT2D eigenvalue weighted by Gasteiger charge is -2.34. The molecule has 0 unspecified atom stereocenters. The molecule has 2 aromatic rings. The number of rotatable bonds is 5. The van der Waals surface area contributed by atoms with E-state index < -0.39 is 16.6 Å². The SMILES string of the molecule is O=C(c1ccc(OC(F)F)cc1)N1CCN(S(=O)(=O)c2ccc3c(c2)CCC3)CC1. The van der Waals surface area contributed by atoms with Crippen molar-refractivity contribution in [1.82, 2.24) is 9.21 Å². The fourth-order valence-corrected chi connectivity index (χ4v) is 5.42. The number of aryl methyl sites for hydroxylation is 2. The van der Waals surface area contributed by atoms with Gasteiger partial charge in [-0.1, -0.05) is 6.07 Å². The van der Waals surface area contributed by atoms with Gasteiger partial charge in [0.15, 0.2) is 0 Å². The Hall–Kier alpha value is -2.52. The minimum absolute atomic E-state index is 0.0215. The van der Waals surface area contributed by atoms with Crippen LogP contribution in [0.5, 0.6) is 5.75 Å². The van der Waals surface area contributed by atoms with E-state index in [0.29, 0.717) is 10.5 Å². The van der Waals surface area contributed by atoms with Crippen molar-refractivity contribution in [3.8, 4) is 5.75 Å². The van der Waals surface area contributed by atoms with Crippen molar-refractivity contribution in [1.29, 1.82) is 0 Å². The Bertz CT molecular complexity index is 1030. The topological polar surface area (TPSA) is 66.9 Å². The zero-order chi connectivity index (χ0) is 21.3. The second kappa shape index (κ2) is 8.31. The van der Waals surface area contributed by atoms with Crippen LogP contribution in [0, 0.1) is 0 Å². The first kappa shape index (κ1) is 20.7. The summed E-state index contributed by atoms with van der Waals surface area (Å²) in [4.78, 5) is 14.5. The molecule has 30 heavy (non-hydrogen) atoms. The molecule has 1 aliphatic carbocycles. The highest BCUT2D eigenvalue weighted by atomic mass is 32.2. The van der Waals surface area contributed by atoms with Crippen LogP contribution in [0.1, 0.15) is 27.9 Å². The number of amides is 1. The van der Waals surface area contributed by atoms with Gasteiger partial charge in [0.25, 0.3) is 5.91 Å². The number of sulfonamides is 1. The van der Waals surface area contributed by atoms with Crippen molar-refractivity contribution < 1.29 is 26.7 Å². The predicted molar refractivity (Wildman–Crippen MR) is 106 cm³/mol. The molecule has 1 saturated heterocycles. The van der Waals surface area contributed by atoms with Crippen molar-refractivity contribution >= 4 is 15.9 Å². The van der Waals surface area contributed by atoms with Gasteiger partial charge in [-0.2, -0.15) is 13.1 Å². The molecule has 0 saturated carbocycles. The number of fused-ring (bicyclic) bond motifs is 1. The third-order valence-electron chi connectivity index (χ3n) is 5.56. The summed E-state index contributed by atoms with van der Waals surface area (Å²) in [5.74, 6) is -0.292. The molecule has 2 aliphatic rings. The van der Waals surface area contributed by atoms with Gasteiger partial charge in [0.2, 0.25) is 10.0 Å². The Morgan fingerprint density at radius 1 is 0.933 bits per heavy atom. The number of benzene rings is 2. The number of ether oxygens (including phenoxy) is 1. The molecular weight excluding hydrogens is 414 g/mol. The molecule has 1 heterocycles. The van der Waals surface area contributed by atoms with Gasteiger partial charge in [0, 0.05) is 31.7 Å². The monoisotopic (exact) mass is 436 g/mol. The number of hydrogen-bond donors (Lipinski definition) is 0. The molecular formula is C21H22F2N2O4S. The summed E-state index contributed by atoms with van der Waals surface area (Å²) in [6.45, 7) is -1.99. The maximum Gasteiger partial charge on any atom is 0.387 e. The van der Waals surface area contributed by atoms with E-state index in [9.17, 15) is 22.0 Å². The van der Waals surface area contributed by atoms with Crippen molar-refractivity contribution in [3.05, 3.63) is 59.2 Å². The van der Waals surface area contributed by atoms with Gasteiger partial charge in [0.1, 0.15) is 5.75 Å². The maximum absolute atomic E-state index is 13.0. The number of halogens is 2. The molecule has 2 aromatic carbocycles. The van der Waals surface area contributed by atoms with Crippen LogP contribution < -0.4 is 4.74 Å². The Morgan fingerprint density at radius 3 is 2.27 bits per heavy atom. The smallest absolute Gasteiger partial charge is 0.387 e. The molecule has 0 radical (unpaired) electrons. The molecule has 0 aromatic heterocycles. The lowest BCUT2D eigenvalue weighted by Crippen LogP contribution is -2.50. The van der Waals surface area contributed by atoms with Crippen LogP contribution in [0.2, 0.25) is 0 Å². The zero-order valence-corrected chi connectivity index (χ0v) is 17.1.